The Balaban J connectivity index is 1.80. The van der Waals surface area contributed by atoms with E-state index in [2.05, 4.69) is 31.3 Å². The minimum Gasteiger partial charge on any atom is -0.496 e. The van der Waals surface area contributed by atoms with E-state index >= 15 is 0 Å². The summed E-state index contributed by atoms with van der Waals surface area (Å²) in [7, 11) is 3.23. The van der Waals surface area contributed by atoms with Gasteiger partial charge in [-0.15, -0.1) is 0 Å². The topological polar surface area (TPSA) is 54.0 Å². The Labute approximate surface area is 165 Å². The first-order valence-corrected chi connectivity index (χ1v) is 9.43. The van der Waals surface area contributed by atoms with E-state index in [0.717, 1.165) is 22.6 Å². The van der Waals surface area contributed by atoms with E-state index in [9.17, 15) is 5.11 Å². The molecule has 1 aliphatic rings. The predicted octanol–water partition coefficient (Wildman–Crippen LogP) is 4.07. The second-order valence-electron chi connectivity index (χ2n) is 6.97. The molecule has 0 aliphatic carbocycles. The lowest BCUT2D eigenvalue weighted by atomic mass is 9.95. The Bertz CT molecular complexity index is 821. The lowest BCUT2D eigenvalue weighted by Gasteiger charge is -2.35. The van der Waals surface area contributed by atoms with E-state index in [4.69, 9.17) is 21.7 Å². The van der Waals surface area contributed by atoms with Crippen molar-refractivity contribution in [3.05, 3.63) is 53.1 Å². The quantitative estimate of drug-likeness (QED) is 0.773. The van der Waals surface area contributed by atoms with Crippen molar-refractivity contribution in [2.75, 3.05) is 26.1 Å². The number of nitrogens with one attached hydrogen (secondary N) is 1. The van der Waals surface area contributed by atoms with Crippen molar-refractivity contribution in [3.8, 4) is 11.5 Å². The second-order valence-corrected chi connectivity index (χ2v) is 7.35. The average Bonchev–Trinajstić information content (AvgIpc) is 2.67. The molecule has 2 aromatic rings. The van der Waals surface area contributed by atoms with Gasteiger partial charge in [0, 0.05) is 23.4 Å². The van der Waals surface area contributed by atoms with Crippen LogP contribution in [0.3, 0.4) is 0 Å². The molecule has 1 heterocycles. The number of aliphatic hydroxyl groups excluding tert-OH is 1. The SMILES string of the molecule is COc1ccc(OC)c2c1CN(C(=S)Nc1ccc(C(C)C)cc1)C[C@H]2O. The Morgan fingerprint density at radius 2 is 1.74 bits per heavy atom. The number of ether oxygens (including phenoxy) is 2. The molecule has 0 saturated carbocycles. The van der Waals surface area contributed by atoms with Crippen molar-refractivity contribution in [2.45, 2.75) is 32.4 Å². The smallest absolute Gasteiger partial charge is 0.173 e. The molecule has 6 heteroatoms. The van der Waals surface area contributed by atoms with E-state index in [1.165, 1.54) is 5.56 Å². The van der Waals surface area contributed by atoms with Crippen LogP contribution in [-0.4, -0.2) is 35.9 Å². The molecule has 2 N–H and O–H groups in total. The number of thiocarbonyl (C=S) groups is 1. The summed E-state index contributed by atoms with van der Waals surface area (Å²) in [4.78, 5) is 1.95. The lowest BCUT2D eigenvalue weighted by Crippen LogP contribution is -2.41. The predicted molar refractivity (Wildman–Crippen MR) is 112 cm³/mol. The molecule has 0 unspecified atom stereocenters. The van der Waals surface area contributed by atoms with E-state index in [-0.39, 0.29) is 0 Å². The number of fused-ring (bicyclic) bond motifs is 1. The number of hydrogen-bond donors (Lipinski definition) is 2. The standard InChI is InChI=1S/C21H26N2O3S/c1-13(2)14-5-7-15(8-6-14)22-21(27)23-11-16-18(25-3)9-10-19(26-4)20(16)17(24)12-23/h5-10,13,17,24H,11-12H2,1-4H3,(H,22,27)/t17-/m1/s1. The minimum absolute atomic E-state index is 0.395. The number of nitrogens with zero attached hydrogens (tertiary/aromatic N) is 1. The molecule has 1 atom stereocenters. The monoisotopic (exact) mass is 386 g/mol. The fraction of sp³-hybridized carbons (Fsp3) is 0.381. The van der Waals surface area contributed by atoms with Crippen LogP contribution in [0.4, 0.5) is 5.69 Å². The van der Waals surface area contributed by atoms with Gasteiger partial charge in [-0.25, -0.2) is 0 Å². The van der Waals surface area contributed by atoms with Crippen LogP contribution in [-0.2, 0) is 6.54 Å². The third kappa shape index (κ3) is 4.01. The summed E-state index contributed by atoms with van der Waals surface area (Å²) < 4.78 is 10.9. The van der Waals surface area contributed by atoms with Gasteiger partial charge in [0.1, 0.15) is 17.6 Å². The molecule has 0 amide bonds. The number of β-amino-alcohol motifs (C(OH)–C–C–N with tert-alkyl or cyclic N) is 1. The molecular weight excluding hydrogens is 360 g/mol. The number of hydrogen-bond acceptors (Lipinski definition) is 4. The zero-order chi connectivity index (χ0) is 19.6. The Kier molecular flexibility index (Phi) is 5.87. The fourth-order valence-electron chi connectivity index (χ4n) is 3.38. The first-order valence-electron chi connectivity index (χ1n) is 9.02. The molecule has 0 saturated heterocycles. The third-order valence-corrected chi connectivity index (χ3v) is 5.27. The average molecular weight is 387 g/mol. The van der Waals surface area contributed by atoms with Crippen LogP contribution in [0, 0.1) is 0 Å². The number of aliphatic hydroxyl groups is 1. The highest BCUT2D eigenvalue weighted by Crippen LogP contribution is 2.39. The van der Waals surface area contributed by atoms with Crippen molar-refractivity contribution in [3.63, 3.8) is 0 Å². The number of methoxy groups -OCH3 is 2. The Morgan fingerprint density at radius 3 is 2.33 bits per heavy atom. The second kappa shape index (κ2) is 8.15. The minimum atomic E-state index is -0.707. The highest BCUT2D eigenvalue weighted by molar-refractivity contribution is 7.80. The largest absolute Gasteiger partial charge is 0.496 e. The van der Waals surface area contributed by atoms with Gasteiger partial charge in [-0.3, -0.25) is 0 Å². The lowest BCUT2D eigenvalue weighted by molar-refractivity contribution is 0.123. The van der Waals surface area contributed by atoms with Crippen molar-refractivity contribution < 1.29 is 14.6 Å². The molecule has 144 valence electrons. The van der Waals surface area contributed by atoms with Gasteiger partial charge in [-0.05, 0) is 48.0 Å². The van der Waals surface area contributed by atoms with Gasteiger partial charge in [0.05, 0.1) is 20.8 Å². The maximum atomic E-state index is 10.7. The summed E-state index contributed by atoms with van der Waals surface area (Å²) in [5.74, 6) is 1.88. The van der Waals surface area contributed by atoms with Crippen LogP contribution in [0.5, 0.6) is 11.5 Å². The van der Waals surface area contributed by atoms with Gasteiger partial charge in [-0.1, -0.05) is 26.0 Å². The first kappa shape index (κ1) is 19.5. The maximum Gasteiger partial charge on any atom is 0.173 e. The van der Waals surface area contributed by atoms with Crippen molar-refractivity contribution in [2.24, 2.45) is 0 Å². The number of anilines is 1. The summed E-state index contributed by atoms with van der Waals surface area (Å²) >= 11 is 5.59. The van der Waals surface area contributed by atoms with Gasteiger partial charge in [0.15, 0.2) is 5.11 Å². The molecule has 27 heavy (non-hydrogen) atoms. The summed E-state index contributed by atoms with van der Waals surface area (Å²) in [6.45, 7) is 5.28. The molecular formula is C21H26N2O3S. The Hall–Kier alpha value is -2.31. The summed E-state index contributed by atoms with van der Waals surface area (Å²) in [5.41, 5.74) is 3.89. The maximum absolute atomic E-state index is 10.7. The van der Waals surface area contributed by atoms with Gasteiger partial charge < -0.3 is 24.8 Å². The van der Waals surface area contributed by atoms with Gasteiger partial charge in [0.25, 0.3) is 0 Å². The van der Waals surface area contributed by atoms with Crippen LogP contribution in [0.15, 0.2) is 36.4 Å². The van der Waals surface area contributed by atoms with Gasteiger partial charge in [0.2, 0.25) is 0 Å². The molecule has 2 aromatic carbocycles. The molecule has 0 spiro atoms. The first-order chi connectivity index (χ1) is 12.9. The molecule has 3 rings (SSSR count). The summed E-state index contributed by atoms with van der Waals surface area (Å²) in [5, 5.41) is 14.6. The number of rotatable bonds is 4. The normalized spacial score (nSPS) is 16.1. The third-order valence-electron chi connectivity index (χ3n) is 4.91. The molecule has 0 fully saturated rings. The molecule has 0 aromatic heterocycles. The summed E-state index contributed by atoms with van der Waals surface area (Å²) in [6, 6.07) is 11.9. The van der Waals surface area contributed by atoms with E-state index < -0.39 is 6.10 Å². The van der Waals surface area contributed by atoms with E-state index in [0.29, 0.717) is 29.9 Å². The van der Waals surface area contributed by atoms with E-state index in [1.807, 2.05) is 29.2 Å². The van der Waals surface area contributed by atoms with Crippen LogP contribution < -0.4 is 14.8 Å². The zero-order valence-electron chi connectivity index (χ0n) is 16.2. The number of benzene rings is 2. The van der Waals surface area contributed by atoms with Crippen molar-refractivity contribution in [1.82, 2.24) is 4.90 Å². The van der Waals surface area contributed by atoms with Crippen molar-refractivity contribution in [1.29, 1.82) is 0 Å². The van der Waals surface area contributed by atoms with Gasteiger partial charge >= 0.3 is 0 Å². The molecule has 1 aliphatic heterocycles. The molecule has 5 nitrogen and oxygen atoms in total. The van der Waals surface area contributed by atoms with Crippen LogP contribution >= 0.6 is 12.2 Å². The van der Waals surface area contributed by atoms with Crippen LogP contribution in [0.25, 0.3) is 0 Å². The molecule has 0 radical (unpaired) electrons. The van der Waals surface area contributed by atoms with Crippen molar-refractivity contribution >= 4 is 23.0 Å². The van der Waals surface area contributed by atoms with E-state index in [1.54, 1.807) is 14.2 Å². The summed E-state index contributed by atoms with van der Waals surface area (Å²) in [6.07, 6.45) is -0.707. The van der Waals surface area contributed by atoms with Crippen LogP contribution in [0.1, 0.15) is 42.6 Å². The molecule has 0 bridgehead atoms. The fourth-order valence-corrected chi connectivity index (χ4v) is 3.64. The van der Waals surface area contributed by atoms with Gasteiger partial charge in [-0.2, -0.15) is 0 Å². The highest BCUT2D eigenvalue weighted by Gasteiger charge is 2.30. The zero-order valence-corrected chi connectivity index (χ0v) is 17.0. The van der Waals surface area contributed by atoms with Crippen LogP contribution in [0.2, 0.25) is 0 Å². The highest BCUT2D eigenvalue weighted by atomic mass is 32.1. The Morgan fingerprint density at radius 1 is 1.11 bits per heavy atom.